The molecule has 1 aromatic heterocycles. The van der Waals surface area contributed by atoms with Crippen LogP contribution >= 0.6 is 0 Å². The number of nitrogens with one attached hydrogen (secondary N) is 1. The smallest absolute Gasteiger partial charge is 0.270 e. The average Bonchev–Trinajstić information content (AvgIpc) is 3.22. The van der Waals surface area contributed by atoms with Crippen molar-refractivity contribution >= 4 is 22.3 Å². The number of nitrogens with zero attached hydrogens (tertiary/aromatic N) is 6. The van der Waals surface area contributed by atoms with Gasteiger partial charge in [0.25, 0.3) is 11.2 Å². The minimum atomic E-state index is -0.544. The van der Waals surface area contributed by atoms with Gasteiger partial charge in [0, 0.05) is 22.7 Å². The molecule has 2 heterocycles. The zero-order valence-electron chi connectivity index (χ0n) is 14.6. The molecule has 1 fully saturated rings. The number of rotatable bonds is 4. The van der Waals surface area contributed by atoms with Gasteiger partial charge in [0.2, 0.25) is 0 Å². The third-order valence-electron chi connectivity index (χ3n) is 4.71. The van der Waals surface area contributed by atoms with E-state index in [0.29, 0.717) is 22.7 Å². The van der Waals surface area contributed by atoms with Crippen molar-refractivity contribution in [1.29, 1.82) is 0 Å². The lowest BCUT2D eigenvalue weighted by atomic mass is 10.1. The van der Waals surface area contributed by atoms with Crippen molar-refractivity contribution in [3.8, 4) is 5.69 Å². The summed E-state index contributed by atoms with van der Waals surface area (Å²) in [5.41, 5.74) is 9.36. The van der Waals surface area contributed by atoms with Gasteiger partial charge in [0.05, 0.1) is 27.6 Å². The summed E-state index contributed by atoms with van der Waals surface area (Å²) in [5, 5.41) is 18.2. The van der Waals surface area contributed by atoms with Crippen LogP contribution in [0, 0.1) is 10.1 Å². The second-order valence-corrected chi connectivity index (χ2v) is 6.43. The van der Waals surface area contributed by atoms with Crippen LogP contribution in [0.4, 0.5) is 11.4 Å². The molecule has 0 aliphatic carbocycles. The molecule has 0 amide bonds. The van der Waals surface area contributed by atoms with Crippen LogP contribution in [-0.4, -0.2) is 21.0 Å². The molecule has 10 nitrogen and oxygen atoms in total. The molecule has 1 aliphatic heterocycles. The van der Waals surface area contributed by atoms with E-state index in [1.165, 1.54) is 22.8 Å². The Morgan fingerprint density at radius 1 is 1.32 bits per heavy atom. The zero-order chi connectivity index (χ0) is 19.7. The molecular formula is C18H15N7O3. The van der Waals surface area contributed by atoms with Gasteiger partial charge in [-0.2, -0.15) is 0 Å². The van der Waals surface area contributed by atoms with Crippen LogP contribution in [0.5, 0.6) is 0 Å². The van der Waals surface area contributed by atoms with Crippen molar-refractivity contribution < 1.29 is 4.92 Å². The fourth-order valence-corrected chi connectivity index (χ4v) is 3.44. The van der Waals surface area contributed by atoms with E-state index in [-0.39, 0.29) is 17.1 Å². The minimum Gasteiger partial charge on any atom is -0.307 e. The number of non-ortho nitro benzene ring substituents is 1. The summed E-state index contributed by atoms with van der Waals surface area (Å²) < 4.78 is 1.44. The average molecular weight is 377 g/mol. The number of fused-ring (bicyclic) bond motifs is 1. The number of hydrogen-bond acceptors (Lipinski definition) is 6. The highest BCUT2D eigenvalue weighted by molar-refractivity contribution is 5.80. The SMILES string of the molecule is [N-]=[N+]=Nc1cccc(-n2c([C@H]3CCCN3)nc3ccc([N+](=O)[O-])cc3c2=O)c1. The number of hydrogen-bond donors (Lipinski definition) is 1. The van der Waals surface area contributed by atoms with Crippen LogP contribution in [0.2, 0.25) is 0 Å². The molecule has 140 valence electrons. The van der Waals surface area contributed by atoms with Gasteiger partial charge in [-0.1, -0.05) is 17.2 Å². The Morgan fingerprint density at radius 3 is 2.89 bits per heavy atom. The fraction of sp³-hybridized carbons (Fsp3) is 0.222. The Bertz CT molecular complexity index is 1190. The molecular weight excluding hydrogens is 362 g/mol. The largest absolute Gasteiger partial charge is 0.307 e. The lowest BCUT2D eigenvalue weighted by molar-refractivity contribution is -0.384. The van der Waals surface area contributed by atoms with E-state index in [1.807, 2.05) is 0 Å². The van der Waals surface area contributed by atoms with E-state index in [4.69, 9.17) is 5.53 Å². The maximum Gasteiger partial charge on any atom is 0.270 e. The van der Waals surface area contributed by atoms with Gasteiger partial charge in [0.15, 0.2) is 0 Å². The second kappa shape index (κ2) is 7.10. The molecule has 0 spiro atoms. The van der Waals surface area contributed by atoms with E-state index in [2.05, 4.69) is 20.3 Å². The molecule has 4 rings (SSSR count). The van der Waals surface area contributed by atoms with Crippen LogP contribution in [0.3, 0.4) is 0 Å². The standard InChI is InChI=1S/C18H15N7O3/c19-23-22-11-3-1-4-12(9-11)24-17(16-5-2-8-20-16)21-15-7-6-13(25(27)28)10-14(15)18(24)26/h1,3-4,6-7,9-10,16,20H,2,5,8H2/t16-/m1/s1. The summed E-state index contributed by atoms with van der Waals surface area (Å²) in [6.45, 7) is 0.817. The van der Waals surface area contributed by atoms with Gasteiger partial charge in [-0.3, -0.25) is 19.5 Å². The third kappa shape index (κ3) is 3.07. The molecule has 0 radical (unpaired) electrons. The van der Waals surface area contributed by atoms with Crippen LogP contribution in [0.25, 0.3) is 27.0 Å². The minimum absolute atomic E-state index is 0.115. The van der Waals surface area contributed by atoms with Crippen molar-refractivity contribution in [2.24, 2.45) is 5.11 Å². The predicted molar refractivity (Wildman–Crippen MR) is 103 cm³/mol. The second-order valence-electron chi connectivity index (χ2n) is 6.43. The van der Waals surface area contributed by atoms with Crippen molar-refractivity contribution in [3.05, 3.63) is 79.2 Å². The van der Waals surface area contributed by atoms with Gasteiger partial charge in [-0.05, 0) is 43.1 Å². The van der Waals surface area contributed by atoms with Crippen LogP contribution in [0.15, 0.2) is 52.4 Å². The first-order valence-corrected chi connectivity index (χ1v) is 8.68. The van der Waals surface area contributed by atoms with Crippen molar-refractivity contribution in [2.45, 2.75) is 18.9 Å². The van der Waals surface area contributed by atoms with Crippen LogP contribution in [-0.2, 0) is 0 Å². The fourth-order valence-electron chi connectivity index (χ4n) is 3.44. The molecule has 0 bridgehead atoms. The Labute approximate surface area is 158 Å². The molecule has 28 heavy (non-hydrogen) atoms. The molecule has 2 aromatic carbocycles. The van der Waals surface area contributed by atoms with Gasteiger partial charge < -0.3 is 5.32 Å². The van der Waals surface area contributed by atoms with Crippen molar-refractivity contribution in [2.75, 3.05) is 6.54 Å². The monoisotopic (exact) mass is 377 g/mol. The Hall–Kier alpha value is -3.75. The lowest BCUT2D eigenvalue weighted by Crippen LogP contribution is -2.28. The topological polar surface area (TPSA) is 139 Å². The number of nitro groups is 1. The molecule has 0 saturated carbocycles. The first-order valence-electron chi connectivity index (χ1n) is 8.68. The van der Waals surface area contributed by atoms with E-state index in [1.54, 1.807) is 24.3 Å². The Balaban J connectivity index is 2.03. The number of azide groups is 1. The highest BCUT2D eigenvalue weighted by Crippen LogP contribution is 2.27. The summed E-state index contributed by atoms with van der Waals surface area (Å²) >= 11 is 0. The first kappa shape index (κ1) is 17.7. The van der Waals surface area contributed by atoms with Crippen LogP contribution in [0.1, 0.15) is 24.7 Å². The summed E-state index contributed by atoms with van der Waals surface area (Å²) in [7, 11) is 0. The normalized spacial score (nSPS) is 16.1. The van der Waals surface area contributed by atoms with Gasteiger partial charge in [0.1, 0.15) is 5.82 Å². The molecule has 3 aromatic rings. The quantitative estimate of drug-likeness (QED) is 0.243. The lowest BCUT2D eigenvalue weighted by Gasteiger charge is -2.18. The molecule has 1 atom stereocenters. The zero-order valence-corrected chi connectivity index (χ0v) is 14.6. The summed E-state index contributed by atoms with van der Waals surface area (Å²) in [5.74, 6) is 0.530. The molecule has 1 saturated heterocycles. The summed E-state index contributed by atoms with van der Waals surface area (Å²) in [6.07, 6.45) is 1.78. The van der Waals surface area contributed by atoms with Crippen LogP contribution < -0.4 is 10.9 Å². The Morgan fingerprint density at radius 2 is 2.18 bits per heavy atom. The van der Waals surface area contributed by atoms with E-state index >= 15 is 0 Å². The van der Waals surface area contributed by atoms with E-state index < -0.39 is 10.5 Å². The van der Waals surface area contributed by atoms with E-state index in [9.17, 15) is 14.9 Å². The van der Waals surface area contributed by atoms with Crippen molar-refractivity contribution in [3.63, 3.8) is 0 Å². The van der Waals surface area contributed by atoms with Gasteiger partial charge >= 0.3 is 0 Å². The maximum absolute atomic E-state index is 13.3. The number of nitro benzene ring substituents is 1. The molecule has 1 aliphatic rings. The number of benzene rings is 2. The Kier molecular flexibility index (Phi) is 4.48. The molecule has 1 N–H and O–H groups in total. The van der Waals surface area contributed by atoms with Gasteiger partial charge in [-0.15, -0.1) is 0 Å². The number of aromatic nitrogens is 2. The van der Waals surface area contributed by atoms with Gasteiger partial charge in [-0.25, -0.2) is 4.98 Å². The summed E-state index contributed by atoms with van der Waals surface area (Å²) in [6, 6.07) is 10.6. The predicted octanol–water partition coefficient (Wildman–Crippen LogP) is 3.66. The summed E-state index contributed by atoms with van der Waals surface area (Å²) in [4.78, 5) is 31.3. The maximum atomic E-state index is 13.3. The highest BCUT2D eigenvalue weighted by atomic mass is 16.6. The molecule has 0 unspecified atom stereocenters. The third-order valence-corrected chi connectivity index (χ3v) is 4.71. The first-order chi connectivity index (χ1) is 13.6. The molecule has 10 heteroatoms. The van der Waals surface area contributed by atoms with Crippen molar-refractivity contribution in [1.82, 2.24) is 14.9 Å². The highest BCUT2D eigenvalue weighted by Gasteiger charge is 2.24. The van der Waals surface area contributed by atoms with E-state index in [0.717, 1.165) is 19.4 Å².